The number of hydrogen-bond acceptors (Lipinski definition) is 2. The first-order valence-corrected chi connectivity index (χ1v) is 5.36. The maximum atomic E-state index is 13.5. The molecule has 1 aromatic rings. The molecule has 82 valence electrons. The third kappa shape index (κ3) is 2.19. The first-order chi connectivity index (χ1) is 7.24. The second-order valence-electron chi connectivity index (χ2n) is 4.19. The quantitative estimate of drug-likeness (QED) is 0.791. The summed E-state index contributed by atoms with van der Waals surface area (Å²) in [5.74, 6) is -0.218. The maximum absolute atomic E-state index is 13.5. The standard InChI is InChI=1S/C12H16FNO/c13-11-4-2-1-3-9(11)10(7-14)12(15)8-5-6-8/h1-4,8,10,12,15H,5-7,14H2. The minimum atomic E-state index is -0.494. The molecule has 1 saturated carbocycles. The largest absolute Gasteiger partial charge is 0.392 e. The summed E-state index contributed by atoms with van der Waals surface area (Å²) < 4.78 is 13.5. The van der Waals surface area contributed by atoms with Crippen LogP contribution in [0.3, 0.4) is 0 Å². The zero-order valence-electron chi connectivity index (χ0n) is 8.57. The Morgan fingerprint density at radius 3 is 2.60 bits per heavy atom. The third-order valence-electron chi connectivity index (χ3n) is 3.08. The van der Waals surface area contributed by atoms with E-state index in [0.29, 0.717) is 18.0 Å². The molecule has 0 radical (unpaired) electrons. The van der Waals surface area contributed by atoms with Gasteiger partial charge in [-0.05, 0) is 30.4 Å². The van der Waals surface area contributed by atoms with Crippen LogP contribution in [0, 0.1) is 11.7 Å². The second kappa shape index (κ2) is 4.29. The Kier molecular flexibility index (Phi) is 3.03. The van der Waals surface area contributed by atoms with Crippen LogP contribution in [0.25, 0.3) is 0 Å². The van der Waals surface area contributed by atoms with E-state index in [1.54, 1.807) is 18.2 Å². The van der Waals surface area contributed by atoms with Crippen molar-refractivity contribution in [3.63, 3.8) is 0 Å². The van der Waals surface area contributed by atoms with Crippen LogP contribution in [-0.2, 0) is 0 Å². The van der Waals surface area contributed by atoms with Crippen molar-refractivity contribution in [2.45, 2.75) is 24.9 Å². The van der Waals surface area contributed by atoms with Crippen molar-refractivity contribution in [3.8, 4) is 0 Å². The van der Waals surface area contributed by atoms with Crippen LogP contribution in [0.2, 0.25) is 0 Å². The molecule has 3 N–H and O–H groups in total. The fraction of sp³-hybridized carbons (Fsp3) is 0.500. The van der Waals surface area contributed by atoms with Crippen LogP contribution < -0.4 is 5.73 Å². The fourth-order valence-corrected chi connectivity index (χ4v) is 1.99. The van der Waals surface area contributed by atoms with Crippen molar-refractivity contribution in [2.24, 2.45) is 11.7 Å². The van der Waals surface area contributed by atoms with Crippen molar-refractivity contribution >= 4 is 0 Å². The topological polar surface area (TPSA) is 46.2 Å². The van der Waals surface area contributed by atoms with E-state index >= 15 is 0 Å². The molecular formula is C12H16FNO. The number of rotatable bonds is 4. The molecule has 2 nitrogen and oxygen atoms in total. The van der Waals surface area contributed by atoms with E-state index in [2.05, 4.69) is 0 Å². The highest BCUT2D eigenvalue weighted by molar-refractivity contribution is 5.24. The first-order valence-electron chi connectivity index (χ1n) is 5.36. The predicted octanol–water partition coefficient (Wildman–Crippen LogP) is 1.64. The summed E-state index contributed by atoms with van der Waals surface area (Å²) in [7, 11) is 0. The Labute approximate surface area is 88.9 Å². The number of aliphatic hydroxyl groups is 1. The lowest BCUT2D eigenvalue weighted by Gasteiger charge is -2.22. The zero-order chi connectivity index (χ0) is 10.8. The molecule has 1 aliphatic carbocycles. The highest BCUT2D eigenvalue weighted by Crippen LogP contribution is 2.39. The smallest absolute Gasteiger partial charge is 0.126 e. The van der Waals surface area contributed by atoms with Crippen LogP contribution in [0.1, 0.15) is 24.3 Å². The SMILES string of the molecule is NCC(c1ccccc1F)C(O)C1CC1. The van der Waals surface area contributed by atoms with Crippen LogP contribution in [0.15, 0.2) is 24.3 Å². The van der Waals surface area contributed by atoms with Gasteiger partial charge in [-0.3, -0.25) is 0 Å². The van der Waals surface area contributed by atoms with Crippen LogP contribution >= 0.6 is 0 Å². The summed E-state index contributed by atoms with van der Waals surface area (Å²) in [5, 5.41) is 9.98. The summed E-state index contributed by atoms with van der Waals surface area (Å²) in [5.41, 5.74) is 6.15. The van der Waals surface area contributed by atoms with Gasteiger partial charge in [0.15, 0.2) is 0 Å². The Bertz CT molecular complexity index is 338. The summed E-state index contributed by atoms with van der Waals surface area (Å²) in [6.07, 6.45) is 1.57. The van der Waals surface area contributed by atoms with Gasteiger partial charge in [0.05, 0.1) is 6.10 Å². The van der Waals surface area contributed by atoms with E-state index in [1.807, 2.05) is 0 Å². The zero-order valence-corrected chi connectivity index (χ0v) is 8.57. The van der Waals surface area contributed by atoms with Crippen LogP contribution in [0.5, 0.6) is 0 Å². The number of halogens is 1. The molecule has 0 aliphatic heterocycles. The van der Waals surface area contributed by atoms with Crippen molar-refractivity contribution in [1.29, 1.82) is 0 Å². The number of nitrogens with two attached hydrogens (primary N) is 1. The number of hydrogen-bond donors (Lipinski definition) is 2. The van der Waals surface area contributed by atoms with Gasteiger partial charge in [0, 0.05) is 12.5 Å². The second-order valence-corrected chi connectivity index (χ2v) is 4.19. The minimum Gasteiger partial charge on any atom is -0.392 e. The molecular weight excluding hydrogens is 193 g/mol. The van der Waals surface area contributed by atoms with Gasteiger partial charge in [0.2, 0.25) is 0 Å². The van der Waals surface area contributed by atoms with Gasteiger partial charge in [-0.2, -0.15) is 0 Å². The molecule has 0 amide bonds. The van der Waals surface area contributed by atoms with E-state index in [-0.39, 0.29) is 11.7 Å². The van der Waals surface area contributed by atoms with E-state index in [1.165, 1.54) is 6.07 Å². The van der Waals surface area contributed by atoms with E-state index in [4.69, 9.17) is 5.73 Å². The number of aliphatic hydroxyl groups excluding tert-OH is 1. The lowest BCUT2D eigenvalue weighted by Crippen LogP contribution is -2.28. The average Bonchev–Trinajstić information content (AvgIpc) is 3.05. The molecule has 0 saturated heterocycles. The summed E-state index contributed by atoms with van der Waals surface area (Å²) in [6.45, 7) is 0.290. The Hall–Kier alpha value is -0.930. The molecule has 0 spiro atoms. The molecule has 2 rings (SSSR count). The minimum absolute atomic E-state index is 0.265. The van der Waals surface area contributed by atoms with Gasteiger partial charge in [0.25, 0.3) is 0 Å². The van der Waals surface area contributed by atoms with Crippen LogP contribution in [0.4, 0.5) is 4.39 Å². The Balaban J connectivity index is 2.21. The normalized spacial score (nSPS) is 19.9. The monoisotopic (exact) mass is 209 g/mol. The maximum Gasteiger partial charge on any atom is 0.126 e. The molecule has 3 heteroatoms. The average molecular weight is 209 g/mol. The first kappa shape index (κ1) is 10.6. The summed E-state index contributed by atoms with van der Waals surface area (Å²) in [4.78, 5) is 0. The molecule has 1 aromatic carbocycles. The highest BCUT2D eigenvalue weighted by atomic mass is 19.1. The van der Waals surface area contributed by atoms with E-state index in [0.717, 1.165) is 12.8 Å². The Morgan fingerprint density at radius 1 is 1.40 bits per heavy atom. The fourth-order valence-electron chi connectivity index (χ4n) is 1.99. The summed E-state index contributed by atoms with van der Waals surface area (Å²) >= 11 is 0. The van der Waals surface area contributed by atoms with Crippen LogP contribution in [-0.4, -0.2) is 17.8 Å². The molecule has 1 fully saturated rings. The van der Waals surface area contributed by atoms with Crippen molar-refractivity contribution in [2.75, 3.05) is 6.54 Å². The molecule has 15 heavy (non-hydrogen) atoms. The highest BCUT2D eigenvalue weighted by Gasteiger charge is 2.36. The Morgan fingerprint density at radius 2 is 2.07 bits per heavy atom. The molecule has 0 bridgehead atoms. The molecule has 2 unspecified atom stereocenters. The van der Waals surface area contributed by atoms with Crippen molar-refractivity contribution < 1.29 is 9.50 Å². The van der Waals surface area contributed by atoms with Crippen molar-refractivity contribution in [1.82, 2.24) is 0 Å². The lowest BCUT2D eigenvalue weighted by atomic mass is 9.90. The predicted molar refractivity (Wildman–Crippen MR) is 56.9 cm³/mol. The van der Waals surface area contributed by atoms with E-state index < -0.39 is 6.10 Å². The molecule has 2 atom stereocenters. The molecule has 0 aromatic heterocycles. The third-order valence-corrected chi connectivity index (χ3v) is 3.08. The molecule has 0 heterocycles. The lowest BCUT2D eigenvalue weighted by molar-refractivity contribution is 0.121. The van der Waals surface area contributed by atoms with Gasteiger partial charge >= 0.3 is 0 Å². The van der Waals surface area contributed by atoms with Gasteiger partial charge < -0.3 is 10.8 Å². The van der Waals surface area contributed by atoms with Gasteiger partial charge in [-0.25, -0.2) is 4.39 Å². The van der Waals surface area contributed by atoms with Gasteiger partial charge in [0.1, 0.15) is 5.82 Å². The van der Waals surface area contributed by atoms with Gasteiger partial charge in [-0.15, -0.1) is 0 Å². The van der Waals surface area contributed by atoms with Crippen molar-refractivity contribution in [3.05, 3.63) is 35.6 Å². The number of benzene rings is 1. The van der Waals surface area contributed by atoms with E-state index in [9.17, 15) is 9.50 Å². The summed E-state index contributed by atoms with van der Waals surface area (Å²) in [6, 6.07) is 6.55. The molecule has 1 aliphatic rings. The van der Waals surface area contributed by atoms with Gasteiger partial charge in [-0.1, -0.05) is 18.2 Å².